The van der Waals surface area contributed by atoms with Gasteiger partial charge in [0.1, 0.15) is 6.10 Å². The predicted molar refractivity (Wildman–Crippen MR) is 75.9 cm³/mol. The maximum absolute atomic E-state index is 11.3. The van der Waals surface area contributed by atoms with Crippen molar-refractivity contribution in [1.29, 1.82) is 0 Å². The molecule has 114 valence electrons. The number of hydrogen-bond donors (Lipinski definition) is 0. The molecular formula is C15H30O4. The highest BCUT2D eigenvalue weighted by atomic mass is 17.2. The van der Waals surface area contributed by atoms with Crippen LogP contribution in [0, 0.1) is 0 Å². The molecule has 0 saturated carbocycles. The summed E-state index contributed by atoms with van der Waals surface area (Å²) >= 11 is 0. The first-order chi connectivity index (χ1) is 9.24. The van der Waals surface area contributed by atoms with E-state index in [9.17, 15) is 4.79 Å². The van der Waals surface area contributed by atoms with Crippen LogP contribution in [0.4, 0.5) is 4.79 Å². The quantitative estimate of drug-likeness (QED) is 0.217. The summed E-state index contributed by atoms with van der Waals surface area (Å²) in [6, 6.07) is 0. The number of carbonyl (C=O) groups excluding carboxylic acids is 1. The van der Waals surface area contributed by atoms with Crippen molar-refractivity contribution in [2.75, 3.05) is 6.61 Å². The third-order valence-corrected chi connectivity index (χ3v) is 2.98. The second-order valence-electron chi connectivity index (χ2n) is 4.89. The van der Waals surface area contributed by atoms with Crippen LogP contribution in [-0.2, 0) is 14.5 Å². The Hall–Kier alpha value is -0.770. The normalized spacial score (nSPS) is 10.7. The Morgan fingerprint density at radius 3 is 2.00 bits per heavy atom. The van der Waals surface area contributed by atoms with Crippen LogP contribution >= 0.6 is 0 Å². The summed E-state index contributed by atoms with van der Waals surface area (Å²) in [5, 5.41) is 0. The molecular weight excluding hydrogens is 244 g/mol. The molecule has 0 fully saturated rings. The summed E-state index contributed by atoms with van der Waals surface area (Å²) in [6.07, 6.45) is 8.60. The van der Waals surface area contributed by atoms with Gasteiger partial charge in [-0.15, -0.1) is 0 Å². The lowest BCUT2D eigenvalue weighted by Gasteiger charge is -2.15. The SMILES string of the molecule is CCCCCOC(=O)OOC(CCCC)CCCC. The van der Waals surface area contributed by atoms with E-state index in [2.05, 4.69) is 20.8 Å². The number of hydrogen-bond acceptors (Lipinski definition) is 4. The molecule has 4 nitrogen and oxygen atoms in total. The van der Waals surface area contributed by atoms with Gasteiger partial charge in [-0.05, 0) is 19.3 Å². The van der Waals surface area contributed by atoms with Crippen LogP contribution in [0.5, 0.6) is 0 Å². The summed E-state index contributed by atoms with van der Waals surface area (Å²) in [4.78, 5) is 21.2. The molecule has 0 aliphatic rings. The Morgan fingerprint density at radius 2 is 1.47 bits per heavy atom. The average Bonchev–Trinajstić information content (AvgIpc) is 2.42. The van der Waals surface area contributed by atoms with Gasteiger partial charge in [0, 0.05) is 0 Å². The first kappa shape index (κ1) is 18.2. The summed E-state index contributed by atoms with van der Waals surface area (Å²) in [5.41, 5.74) is 0. The Labute approximate surface area is 117 Å². The van der Waals surface area contributed by atoms with Gasteiger partial charge in [-0.2, -0.15) is 4.89 Å². The fourth-order valence-corrected chi connectivity index (χ4v) is 1.74. The molecule has 0 heterocycles. The van der Waals surface area contributed by atoms with Crippen molar-refractivity contribution in [2.24, 2.45) is 0 Å². The van der Waals surface area contributed by atoms with Crippen LogP contribution in [0.15, 0.2) is 0 Å². The molecule has 0 N–H and O–H groups in total. The van der Waals surface area contributed by atoms with E-state index in [0.717, 1.165) is 57.8 Å². The third kappa shape index (κ3) is 12.0. The molecule has 0 aliphatic carbocycles. The lowest BCUT2D eigenvalue weighted by atomic mass is 10.1. The van der Waals surface area contributed by atoms with Gasteiger partial charge in [0.05, 0.1) is 6.61 Å². The summed E-state index contributed by atoms with van der Waals surface area (Å²) in [5.74, 6) is 0. The summed E-state index contributed by atoms with van der Waals surface area (Å²) in [7, 11) is 0. The molecule has 0 aromatic rings. The molecule has 0 bridgehead atoms. The van der Waals surface area contributed by atoms with Gasteiger partial charge in [0.25, 0.3) is 0 Å². The number of carbonyl (C=O) groups is 1. The van der Waals surface area contributed by atoms with Crippen LogP contribution in [-0.4, -0.2) is 18.9 Å². The van der Waals surface area contributed by atoms with E-state index in [0.29, 0.717) is 6.61 Å². The number of rotatable bonds is 12. The Bertz CT molecular complexity index is 198. The van der Waals surface area contributed by atoms with Crippen molar-refractivity contribution in [3.8, 4) is 0 Å². The fourth-order valence-electron chi connectivity index (χ4n) is 1.74. The van der Waals surface area contributed by atoms with Crippen molar-refractivity contribution in [2.45, 2.75) is 84.7 Å². The highest BCUT2D eigenvalue weighted by Crippen LogP contribution is 2.13. The van der Waals surface area contributed by atoms with Crippen LogP contribution in [0.25, 0.3) is 0 Å². The zero-order valence-corrected chi connectivity index (χ0v) is 12.8. The second kappa shape index (κ2) is 13.7. The van der Waals surface area contributed by atoms with E-state index in [4.69, 9.17) is 14.5 Å². The number of unbranched alkanes of at least 4 members (excludes halogenated alkanes) is 4. The first-order valence-corrected chi connectivity index (χ1v) is 7.74. The van der Waals surface area contributed by atoms with E-state index in [1.807, 2.05) is 0 Å². The van der Waals surface area contributed by atoms with Crippen LogP contribution in [0.2, 0.25) is 0 Å². The van der Waals surface area contributed by atoms with E-state index in [1.54, 1.807) is 0 Å². The lowest BCUT2D eigenvalue weighted by molar-refractivity contribution is -0.289. The zero-order valence-electron chi connectivity index (χ0n) is 12.8. The molecule has 0 spiro atoms. The molecule has 0 atom stereocenters. The van der Waals surface area contributed by atoms with Gasteiger partial charge in [-0.3, -0.25) is 4.89 Å². The van der Waals surface area contributed by atoms with Gasteiger partial charge in [-0.1, -0.05) is 59.3 Å². The molecule has 4 heteroatoms. The second-order valence-corrected chi connectivity index (χ2v) is 4.89. The van der Waals surface area contributed by atoms with Crippen LogP contribution < -0.4 is 0 Å². The minimum atomic E-state index is -0.714. The van der Waals surface area contributed by atoms with Crippen molar-refractivity contribution in [1.82, 2.24) is 0 Å². The Morgan fingerprint density at radius 1 is 0.895 bits per heavy atom. The molecule has 0 rings (SSSR count). The Balaban J connectivity index is 3.71. The van der Waals surface area contributed by atoms with Crippen LogP contribution in [0.3, 0.4) is 0 Å². The molecule has 0 aliphatic heterocycles. The first-order valence-electron chi connectivity index (χ1n) is 7.74. The third-order valence-electron chi connectivity index (χ3n) is 2.98. The smallest absolute Gasteiger partial charge is 0.432 e. The highest BCUT2D eigenvalue weighted by molar-refractivity contribution is 5.58. The molecule has 0 unspecified atom stereocenters. The van der Waals surface area contributed by atoms with E-state index < -0.39 is 6.16 Å². The average molecular weight is 274 g/mol. The molecule has 0 aromatic heterocycles. The van der Waals surface area contributed by atoms with Crippen molar-refractivity contribution >= 4 is 6.16 Å². The van der Waals surface area contributed by atoms with Crippen molar-refractivity contribution < 1.29 is 19.3 Å². The van der Waals surface area contributed by atoms with Gasteiger partial charge in [-0.25, -0.2) is 4.79 Å². The van der Waals surface area contributed by atoms with E-state index >= 15 is 0 Å². The van der Waals surface area contributed by atoms with E-state index in [1.165, 1.54) is 0 Å². The fraction of sp³-hybridized carbons (Fsp3) is 0.933. The topological polar surface area (TPSA) is 44.8 Å². The summed E-state index contributed by atoms with van der Waals surface area (Å²) in [6.45, 7) is 6.79. The Kier molecular flexibility index (Phi) is 13.1. The zero-order chi connectivity index (χ0) is 14.3. The van der Waals surface area contributed by atoms with E-state index in [-0.39, 0.29) is 6.10 Å². The molecule has 19 heavy (non-hydrogen) atoms. The maximum atomic E-state index is 11.3. The van der Waals surface area contributed by atoms with Gasteiger partial charge < -0.3 is 4.74 Å². The standard InChI is InChI=1S/C15H30O4/c1-4-7-10-13-17-15(16)19-18-14(11-8-5-2)12-9-6-3/h14H,4-13H2,1-3H3. The summed E-state index contributed by atoms with van der Waals surface area (Å²) < 4.78 is 4.92. The highest BCUT2D eigenvalue weighted by Gasteiger charge is 2.13. The van der Waals surface area contributed by atoms with Crippen LogP contribution in [0.1, 0.15) is 78.6 Å². The van der Waals surface area contributed by atoms with Crippen molar-refractivity contribution in [3.05, 3.63) is 0 Å². The maximum Gasteiger partial charge on any atom is 0.540 e. The molecule has 0 saturated heterocycles. The van der Waals surface area contributed by atoms with Gasteiger partial charge in [0.2, 0.25) is 0 Å². The monoisotopic (exact) mass is 274 g/mol. The predicted octanol–water partition coefficient (Wildman–Crippen LogP) is 5.01. The largest absolute Gasteiger partial charge is 0.540 e. The molecule has 0 radical (unpaired) electrons. The van der Waals surface area contributed by atoms with Crippen molar-refractivity contribution in [3.63, 3.8) is 0 Å². The minimum absolute atomic E-state index is 0.00286. The molecule has 0 amide bonds. The van der Waals surface area contributed by atoms with Gasteiger partial charge >= 0.3 is 6.16 Å². The van der Waals surface area contributed by atoms with Gasteiger partial charge in [0.15, 0.2) is 0 Å². The lowest BCUT2D eigenvalue weighted by Crippen LogP contribution is -2.17. The number of ether oxygens (including phenoxy) is 1. The molecule has 0 aromatic carbocycles. The minimum Gasteiger partial charge on any atom is -0.432 e.